The molecule has 2 unspecified atom stereocenters. The fraction of sp³-hybridized carbons (Fsp3) is 0.182. The highest BCUT2D eigenvalue weighted by atomic mass is 15.5. The molecule has 4 heteroatoms. The summed E-state index contributed by atoms with van der Waals surface area (Å²) in [4.78, 5) is 10.3. The van der Waals surface area contributed by atoms with Gasteiger partial charge in [0, 0.05) is 22.7 Å². The summed E-state index contributed by atoms with van der Waals surface area (Å²) in [6.45, 7) is 13.0. The van der Waals surface area contributed by atoms with Gasteiger partial charge in [-0.1, -0.05) is 82.9 Å². The summed E-state index contributed by atoms with van der Waals surface area (Å²) in [6, 6.07) is 50.0. The lowest BCUT2D eigenvalue weighted by atomic mass is 10.1. The highest BCUT2D eigenvalue weighted by Gasteiger charge is 2.51. The van der Waals surface area contributed by atoms with Gasteiger partial charge in [-0.05, 0) is 125 Å². The minimum atomic E-state index is -0.150. The van der Waals surface area contributed by atoms with Crippen molar-refractivity contribution >= 4 is 45.5 Å². The van der Waals surface area contributed by atoms with Crippen molar-refractivity contribution in [1.29, 1.82) is 0 Å². The van der Waals surface area contributed by atoms with E-state index in [1.54, 1.807) is 0 Å². The quantitative estimate of drug-likeness (QED) is 0.189. The summed E-state index contributed by atoms with van der Waals surface area (Å²) >= 11 is 0. The molecule has 238 valence electrons. The predicted octanol–water partition coefficient (Wildman–Crippen LogP) is 11.5. The van der Waals surface area contributed by atoms with Crippen molar-refractivity contribution in [2.75, 3.05) is 19.6 Å². The number of hydrogen-bond acceptors (Lipinski definition) is 4. The van der Waals surface area contributed by atoms with Crippen LogP contribution >= 0.6 is 0 Å². The topological polar surface area (TPSA) is 13.0 Å². The summed E-state index contributed by atoms with van der Waals surface area (Å²) in [5.74, 6) is 0. The van der Waals surface area contributed by atoms with E-state index in [0.717, 1.165) is 0 Å². The molecule has 0 radical (unpaired) electrons. The zero-order valence-corrected chi connectivity index (χ0v) is 28.6. The van der Waals surface area contributed by atoms with E-state index in [9.17, 15) is 0 Å². The second kappa shape index (κ2) is 11.6. The van der Waals surface area contributed by atoms with Gasteiger partial charge in [0.15, 0.2) is 12.3 Å². The molecule has 0 saturated carbocycles. The largest absolute Gasteiger partial charge is 0.314 e. The maximum atomic E-state index is 2.58. The molecule has 0 N–H and O–H groups in total. The number of hydrogen-bond donors (Lipinski definition) is 0. The fourth-order valence-electron chi connectivity index (χ4n) is 7.38. The lowest BCUT2D eigenvalue weighted by Crippen LogP contribution is -2.58. The molecule has 0 saturated heterocycles. The Morgan fingerprint density at radius 3 is 0.771 bits per heavy atom. The third kappa shape index (κ3) is 5.00. The van der Waals surface area contributed by atoms with Gasteiger partial charge >= 0.3 is 0 Å². The molecule has 48 heavy (non-hydrogen) atoms. The van der Waals surface area contributed by atoms with Crippen LogP contribution in [0.5, 0.6) is 0 Å². The van der Waals surface area contributed by atoms with Crippen LogP contribution in [0.25, 0.3) is 0 Å². The molecule has 2 aliphatic rings. The summed E-state index contributed by atoms with van der Waals surface area (Å²) in [7, 11) is 0. The molecular formula is C44H42N4. The highest BCUT2D eigenvalue weighted by Crippen LogP contribution is 2.56. The molecule has 2 atom stereocenters. The molecule has 0 aliphatic carbocycles. The van der Waals surface area contributed by atoms with Gasteiger partial charge in [0.25, 0.3) is 0 Å². The summed E-state index contributed by atoms with van der Waals surface area (Å²) in [5, 5.41) is 0. The van der Waals surface area contributed by atoms with E-state index in [1.807, 2.05) is 0 Å². The highest BCUT2D eigenvalue weighted by molar-refractivity contribution is 5.94. The Kier molecular flexibility index (Phi) is 7.25. The average Bonchev–Trinajstić information content (AvgIpc) is 3.58. The molecule has 2 heterocycles. The molecule has 4 nitrogen and oxygen atoms in total. The van der Waals surface area contributed by atoms with Crippen molar-refractivity contribution in [3.8, 4) is 0 Å². The third-order valence-electron chi connectivity index (χ3n) is 9.87. The van der Waals surface area contributed by atoms with Crippen LogP contribution in [0.1, 0.15) is 33.4 Å². The van der Waals surface area contributed by atoms with Gasteiger partial charge in [-0.15, -0.1) is 0 Å². The molecule has 6 aromatic rings. The second-order valence-electron chi connectivity index (χ2n) is 13.6. The zero-order chi connectivity index (χ0) is 33.1. The fourth-order valence-corrected chi connectivity index (χ4v) is 7.38. The number of nitrogens with zero attached hydrogens (tertiary/aromatic N) is 4. The van der Waals surface area contributed by atoms with Crippen LogP contribution in [0, 0.1) is 41.5 Å². The summed E-state index contributed by atoms with van der Waals surface area (Å²) in [6.07, 6.45) is -0.301. The number of fused-ring (bicyclic) bond motifs is 2. The summed E-state index contributed by atoms with van der Waals surface area (Å²) in [5.41, 5.74) is 17.0. The van der Waals surface area contributed by atoms with Gasteiger partial charge in [-0.3, -0.25) is 0 Å². The zero-order valence-electron chi connectivity index (χ0n) is 28.6. The molecule has 0 aromatic heterocycles. The smallest absolute Gasteiger partial charge is 0.151 e. The monoisotopic (exact) mass is 626 g/mol. The van der Waals surface area contributed by atoms with E-state index in [1.165, 1.54) is 78.9 Å². The Hall–Kier alpha value is -5.48. The lowest BCUT2D eigenvalue weighted by molar-refractivity contribution is 0.550. The van der Waals surface area contributed by atoms with Crippen molar-refractivity contribution in [2.24, 2.45) is 0 Å². The van der Waals surface area contributed by atoms with Crippen molar-refractivity contribution in [3.05, 3.63) is 167 Å². The average molecular weight is 627 g/mol. The van der Waals surface area contributed by atoms with E-state index >= 15 is 0 Å². The molecule has 6 aromatic carbocycles. The Labute approximate surface area is 285 Å². The van der Waals surface area contributed by atoms with Gasteiger partial charge in [0.05, 0.1) is 22.7 Å². The minimum Gasteiger partial charge on any atom is -0.314 e. The minimum absolute atomic E-state index is 0.150. The van der Waals surface area contributed by atoms with Gasteiger partial charge in [0.1, 0.15) is 0 Å². The van der Waals surface area contributed by atoms with Crippen LogP contribution in [-0.4, -0.2) is 12.3 Å². The number of anilines is 8. The van der Waals surface area contributed by atoms with Crippen molar-refractivity contribution < 1.29 is 0 Å². The van der Waals surface area contributed by atoms with Crippen molar-refractivity contribution in [3.63, 3.8) is 0 Å². The molecule has 0 fully saturated rings. The summed E-state index contributed by atoms with van der Waals surface area (Å²) < 4.78 is 0. The van der Waals surface area contributed by atoms with Gasteiger partial charge < -0.3 is 19.6 Å². The second-order valence-corrected chi connectivity index (χ2v) is 13.6. The number of aryl methyl sites for hydroxylation is 6. The van der Waals surface area contributed by atoms with Gasteiger partial charge in [0.2, 0.25) is 0 Å². The van der Waals surface area contributed by atoms with Crippen LogP contribution < -0.4 is 19.6 Å². The lowest BCUT2D eigenvalue weighted by Gasteiger charge is -2.44. The predicted molar refractivity (Wildman–Crippen MR) is 203 cm³/mol. The van der Waals surface area contributed by atoms with E-state index in [4.69, 9.17) is 0 Å². The third-order valence-corrected chi connectivity index (χ3v) is 9.87. The Bertz CT molecular complexity index is 1940. The SMILES string of the molecule is Cc1ccc(N2c3ccc(C)cc3N(c3ccc(C)cc3)C2C2N(c3ccc(C)cc3)c3ccc(C)cc3N2c2ccc(C)cc2)cc1. The molecular weight excluding hydrogens is 585 g/mol. The molecule has 0 amide bonds. The van der Waals surface area contributed by atoms with E-state index in [-0.39, 0.29) is 12.3 Å². The van der Waals surface area contributed by atoms with Crippen LogP contribution in [0.15, 0.2) is 133 Å². The van der Waals surface area contributed by atoms with E-state index in [0.29, 0.717) is 0 Å². The number of benzene rings is 6. The molecule has 0 spiro atoms. The van der Waals surface area contributed by atoms with Gasteiger partial charge in [-0.25, -0.2) is 0 Å². The van der Waals surface area contributed by atoms with Crippen LogP contribution in [0.4, 0.5) is 45.5 Å². The first-order valence-electron chi connectivity index (χ1n) is 16.9. The Morgan fingerprint density at radius 1 is 0.271 bits per heavy atom. The Morgan fingerprint density at radius 2 is 0.500 bits per heavy atom. The first-order valence-corrected chi connectivity index (χ1v) is 16.9. The van der Waals surface area contributed by atoms with Crippen LogP contribution in [0.3, 0.4) is 0 Å². The van der Waals surface area contributed by atoms with E-state index in [2.05, 4.69) is 195 Å². The molecule has 2 aliphatic heterocycles. The first kappa shape index (κ1) is 29.9. The number of rotatable bonds is 5. The standard InChI is InChI=1S/C44H42N4/c1-29-7-17-35(18-8-29)45-39-25-15-33(5)27-41(39)47(37-21-11-31(3)12-22-37)43(45)44-46(36-19-9-30(2)10-20-36)40-26-16-34(6)28-42(40)48(44)38-23-13-32(4)14-24-38/h7-28,43-44H,1-6H3. The molecule has 8 rings (SSSR count). The molecule has 0 bridgehead atoms. The first-order chi connectivity index (χ1) is 23.3. The van der Waals surface area contributed by atoms with Gasteiger partial charge in [-0.2, -0.15) is 0 Å². The van der Waals surface area contributed by atoms with Crippen LogP contribution in [0.2, 0.25) is 0 Å². The van der Waals surface area contributed by atoms with Crippen molar-refractivity contribution in [2.45, 2.75) is 53.9 Å². The normalized spacial score (nSPS) is 16.8. The maximum absolute atomic E-state index is 2.58. The maximum Gasteiger partial charge on any atom is 0.151 e. The van der Waals surface area contributed by atoms with Crippen LogP contribution in [-0.2, 0) is 0 Å². The Balaban J connectivity index is 1.45. The van der Waals surface area contributed by atoms with Crippen molar-refractivity contribution in [1.82, 2.24) is 0 Å². The van der Waals surface area contributed by atoms with E-state index < -0.39 is 0 Å².